The molecule has 6 nitrogen and oxygen atoms in total. The predicted molar refractivity (Wildman–Crippen MR) is 96.1 cm³/mol. The van der Waals surface area contributed by atoms with Gasteiger partial charge < -0.3 is 24.1 Å². The van der Waals surface area contributed by atoms with Crippen molar-refractivity contribution in [2.24, 2.45) is 0 Å². The molecule has 25 heavy (non-hydrogen) atoms. The number of morpholine rings is 1. The van der Waals surface area contributed by atoms with Crippen LogP contribution in [0.1, 0.15) is 35.9 Å². The van der Waals surface area contributed by atoms with E-state index >= 15 is 0 Å². The van der Waals surface area contributed by atoms with Gasteiger partial charge in [0.15, 0.2) is 17.1 Å². The van der Waals surface area contributed by atoms with E-state index in [9.17, 15) is 4.79 Å². The molecule has 6 heteroatoms. The largest absolute Gasteiger partial charge is 0.493 e. The van der Waals surface area contributed by atoms with Crippen LogP contribution in [0.25, 0.3) is 11.0 Å². The summed E-state index contributed by atoms with van der Waals surface area (Å²) >= 11 is 0. The van der Waals surface area contributed by atoms with Gasteiger partial charge in [-0.15, -0.1) is 0 Å². The number of carbonyl (C=O) groups is 1. The van der Waals surface area contributed by atoms with Crippen molar-refractivity contribution in [1.82, 2.24) is 10.2 Å². The van der Waals surface area contributed by atoms with E-state index in [-0.39, 0.29) is 5.91 Å². The summed E-state index contributed by atoms with van der Waals surface area (Å²) in [6.07, 6.45) is 2.31. The van der Waals surface area contributed by atoms with Gasteiger partial charge in [0, 0.05) is 25.0 Å². The normalized spacial score (nSPS) is 14.9. The van der Waals surface area contributed by atoms with Crippen LogP contribution in [0.15, 0.2) is 22.6 Å². The summed E-state index contributed by atoms with van der Waals surface area (Å²) in [7, 11) is 1.61. The first kappa shape index (κ1) is 17.8. The standard InChI is InChI=1S/C19H26N2O4/c1-3-4-7-20-13-14-5-6-16(23-2)18-15(14)12-17(25-18)19(22)21-8-10-24-11-9-21/h5-6,12,20H,3-4,7-11,13H2,1-2H3. The number of carbonyl (C=O) groups excluding carboxylic acids is 1. The maximum absolute atomic E-state index is 12.7. The summed E-state index contributed by atoms with van der Waals surface area (Å²) in [5.41, 5.74) is 1.74. The number of benzene rings is 1. The molecule has 0 aliphatic carbocycles. The van der Waals surface area contributed by atoms with E-state index in [1.165, 1.54) is 0 Å². The van der Waals surface area contributed by atoms with Crippen molar-refractivity contribution in [3.8, 4) is 5.75 Å². The second-order valence-electron chi connectivity index (χ2n) is 6.22. The van der Waals surface area contributed by atoms with Crippen molar-refractivity contribution in [3.63, 3.8) is 0 Å². The zero-order valence-electron chi connectivity index (χ0n) is 15.0. The van der Waals surface area contributed by atoms with Crippen molar-refractivity contribution in [2.75, 3.05) is 40.0 Å². The minimum Gasteiger partial charge on any atom is -0.493 e. The van der Waals surface area contributed by atoms with Crippen molar-refractivity contribution in [3.05, 3.63) is 29.5 Å². The molecule has 1 fully saturated rings. The second kappa shape index (κ2) is 8.36. The zero-order valence-corrected chi connectivity index (χ0v) is 15.0. The summed E-state index contributed by atoms with van der Waals surface area (Å²) in [6.45, 7) is 6.22. The maximum atomic E-state index is 12.7. The lowest BCUT2D eigenvalue weighted by atomic mass is 10.1. The molecule has 2 heterocycles. The summed E-state index contributed by atoms with van der Waals surface area (Å²) in [4.78, 5) is 14.5. The minimum atomic E-state index is -0.0913. The molecule has 0 radical (unpaired) electrons. The number of nitrogens with one attached hydrogen (secondary N) is 1. The van der Waals surface area contributed by atoms with Crippen LogP contribution in [-0.4, -0.2) is 50.8 Å². The van der Waals surface area contributed by atoms with Crippen LogP contribution in [0.2, 0.25) is 0 Å². The Hall–Kier alpha value is -2.05. The molecule has 0 atom stereocenters. The molecule has 1 amide bonds. The van der Waals surface area contributed by atoms with Crippen molar-refractivity contribution in [1.29, 1.82) is 0 Å². The lowest BCUT2D eigenvalue weighted by Crippen LogP contribution is -2.40. The fourth-order valence-corrected chi connectivity index (χ4v) is 3.02. The van der Waals surface area contributed by atoms with Gasteiger partial charge in [0.05, 0.1) is 20.3 Å². The van der Waals surface area contributed by atoms with E-state index in [0.29, 0.717) is 43.4 Å². The van der Waals surface area contributed by atoms with E-state index in [1.807, 2.05) is 18.2 Å². The van der Waals surface area contributed by atoms with Gasteiger partial charge >= 0.3 is 0 Å². The lowest BCUT2D eigenvalue weighted by molar-refractivity contribution is 0.0284. The number of rotatable bonds is 7. The third kappa shape index (κ3) is 3.96. The van der Waals surface area contributed by atoms with Gasteiger partial charge in [0.1, 0.15) is 0 Å². The van der Waals surface area contributed by atoms with E-state index in [2.05, 4.69) is 12.2 Å². The topological polar surface area (TPSA) is 63.9 Å². The maximum Gasteiger partial charge on any atom is 0.289 e. The number of hydrogen-bond acceptors (Lipinski definition) is 5. The summed E-state index contributed by atoms with van der Waals surface area (Å²) in [6, 6.07) is 5.76. The van der Waals surface area contributed by atoms with E-state index in [1.54, 1.807) is 12.0 Å². The average Bonchev–Trinajstić information content (AvgIpc) is 3.11. The summed E-state index contributed by atoms with van der Waals surface area (Å²) < 4.78 is 16.6. The number of amides is 1. The Morgan fingerprint density at radius 2 is 2.12 bits per heavy atom. The molecule has 0 saturated carbocycles. The highest BCUT2D eigenvalue weighted by Gasteiger charge is 2.23. The molecule has 0 unspecified atom stereocenters. The predicted octanol–water partition coefficient (Wildman–Crippen LogP) is 2.80. The highest BCUT2D eigenvalue weighted by molar-refractivity contribution is 5.98. The molecule has 3 rings (SSSR count). The van der Waals surface area contributed by atoms with E-state index < -0.39 is 0 Å². The third-order valence-corrected chi connectivity index (χ3v) is 4.49. The number of fused-ring (bicyclic) bond motifs is 1. The minimum absolute atomic E-state index is 0.0913. The number of unbranched alkanes of at least 4 members (excludes halogenated alkanes) is 1. The van der Waals surface area contributed by atoms with Crippen molar-refractivity contribution < 1.29 is 18.7 Å². The number of hydrogen-bond donors (Lipinski definition) is 1. The number of furan rings is 1. The highest BCUT2D eigenvalue weighted by Crippen LogP contribution is 2.32. The fraction of sp³-hybridized carbons (Fsp3) is 0.526. The summed E-state index contributed by atoms with van der Waals surface area (Å²) in [5.74, 6) is 0.913. The molecule has 2 aromatic rings. The Labute approximate surface area is 148 Å². The molecule has 0 bridgehead atoms. The molecule has 1 aromatic heterocycles. The second-order valence-corrected chi connectivity index (χ2v) is 6.22. The van der Waals surface area contributed by atoms with Crippen LogP contribution in [0.5, 0.6) is 5.75 Å². The third-order valence-electron chi connectivity index (χ3n) is 4.49. The number of methoxy groups -OCH3 is 1. The van der Waals surface area contributed by atoms with Crippen LogP contribution < -0.4 is 10.1 Å². The highest BCUT2D eigenvalue weighted by atomic mass is 16.5. The van der Waals surface area contributed by atoms with Crippen molar-refractivity contribution >= 4 is 16.9 Å². The quantitative estimate of drug-likeness (QED) is 0.781. The SMILES string of the molecule is CCCCNCc1ccc(OC)c2oc(C(=O)N3CCOCC3)cc12. The molecule has 1 aromatic carbocycles. The Kier molecular flexibility index (Phi) is 5.94. The Morgan fingerprint density at radius 1 is 1.32 bits per heavy atom. The smallest absolute Gasteiger partial charge is 0.289 e. The van der Waals surface area contributed by atoms with Gasteiger partial charge in [-0.1, -0.05) is 19.4 Å². The van der Waals surface area contributed by atoms with Gasteiger partial charge in [-0.2, -0.15) is 0 Å². The van der Waals surface area contributed by atoms with Crippen LogP contribution in [0.4, 0.5) is 0 Å². The molecule has 136 valence electrons. The Morgan fingerprint density at radius 3 is 2.84 bits per heavy atom. The van der Waals surface area contributed by atoms with E-state index in [4.69, 9.17) is 13.9 Å². The lowest BCUT2D eigenvalue weighted by Gasteiger charge is -2.25. The fourth-order valence-electron chi connectivity index (χ4n) is 3.02. The molecular weight excluding hydrogens is 320 g/mol. The molecule has 1 aliphatic heterocycles. The first-order valence-electron chi connectivity index (χ1n) is 8.91. The van der Waals surface area contributed by atoms with Gasteiger partial charge in [-0.25, -0.2) is 0 Å². The molecule has 1 N–H and O–H groups in total. The number of nitrogens with zero attached hydrogens (tertiary/aromatic N) is 1. The number of ether oxygens (including phenoxy) is 2. The average molecular weight is 346 g/mol. The molecule has 0 spiro atoms. The van der Waals surface area contributed by atoms with Gasteiger partial charge in [-0.05, 0) is 30.7 Å². The van der Waals surface area contributed by atoms with E-state index in [0.717, 1.165) is 36.9 Å². The first-order chi connectivity index (χ1) is 12.2. The van der Waals surface area contributed by atoms with Gasteiger partial charge in [0.25, 0.3) is 5.91 Å². The molecule has 1 saturated heterocycles. The molecule has 1 aliphatic rings. The van der Waals surface area contributed by atoms with Gasteiger partial charge in [0.2, 0.25) is 0 Å². The van der Waals surface area contributed by atoms with Crippen molar-refractivity contribution in [2.45, 2.75) is 26.3 Å². The first-order valence-corrected chi connectivity index (χ1v) is 8.91. The van der Waals surface area contributed by atoms with Crippen LogP contribution in [0.3, 0.4) is 0 Å². The molecular formula is C19H26N2O4. The van der Waals surface area contributed by atoms with Gasteiger partial charge in [-0.3, -0.25) is 4.79 Å². The van der Waals surface area contributed by atoms with Crippen LogP contribution in [0, 0.1) is 0 Å². The van der Waals surface area contributed by atoms with Crippen LogP contribution >= 0.6 is 0 Å². The Bertz CT molecular complexity index is 720. The Balaban J connectivity index is 1.86. The monoisotopic (exact) mass is 346 g/mol. The zero-order chi connectivity index (χ0) is 17.6. The van der Waals surface area contributed by atoms with Crippen LogP contribution in [-0.2, 0) is 11.3 Å². The summed E-state index contributed by atoms with van der Waals surface area (Å²) in [5, 5.41) is 4.37.